The van der Waals surface area contributed by atoms with Gasteiger partial charge in [0.15, 0.2) is 5.11 Å². The Morgan fingerprint density at radius 1 is 0.840 bits per heavy atom. The van der Waals surface area contributed by atoms with Gasteiger partial charge >= 0.3 is 0 Å². The van der Waals surface area contributed by atoms with Crippen molar-refractivity contribution < 1.29 is 4.74 Å². The lowest BCUT2D eigenvalue weighted by Crippen LogP contribution is -2.23. The van der Waals surface area contributed by atoms with E-state index in [4.69, 9.17) is 17.0 Å². The van der Waals surface area contributed by atoms with Gasteiger partial charge in [-0.15, -0.1) is 0 Å². The van der Waals surface area contributed by atoms with Crippen LogP contribution in [-0.4, -0.2) is 11.3 Å². The first-order chi connectivity index (χ1) is 12.3. The normalized spacial score (nSPS) is 10.4. The van der Waals surface area contributed by atoms with Gasteiger partial charge in [-0.1, -0.05) is 48.5 Å². The molecule has 0 bridgehead atoms. The topological polar surface area (TPSA) is 45.7 Å². The van der Waals surface area contributed by atoms with Gasteiger partial charge in [-0.25, -0.2) is 0 Å². The maximum atomic E-state index is 5.81. The van der Waals surface area contributed by atoms with E-state index in [-0.39, 0.29) is 0 Å². The molecule has 0 fully saturated rings. The lowest BCUT2D eigenvalue weighted by molar-refractivity contribution is 0.482. The SMILES string of the molecule is S=C(N/N=C\c1cccc(Oc2ccccc2)c1)Nc1ccccc1. The zero-order valence-corrected chi connectivity index (χ0v) is 14.2. The van der Waals surface area contributed by atoms with Crippen LogP contribution in [0.3, 0.4) is 0 Å². The van der Waals surface area contributed by atoms with Crippen LogP contribution in [0.15, 0.2) is 90.0 Å². The van der Waals surface area contributed by atoms with Crippen LogP contribution in [0, 0.1) is 0 Å². The molecule has 124 valence electrons. The number of rotatable bonds is 5. The summed E-state index contributed by atoms with van der Waals surface area (Å²) in [7, 11) is 0. The third-order valence-corrected chi connectivity index (χ3v) is 3.44. The van der Waals surface area contributed by atoms with Crippen molar-refractivity contribution in [1.82, 2.24) is 5.43 Å². The molecule has 0 saturated carbocycles. The number of para-hydroxylation sites is 2. The van der Waals surface area contributed by atoms with E-state index in [2.05, 4.69) is 15.8 Å². The molecule has 3 aromatic rings. The molecule has 0 spiro atoms. The average Bonchev–Trinajstić information content (AvgIpc) is 2.64. The highest BCUT2D eigenvalue weighted by Gasteiger charge is 1.98. The van der Waals surface area contributed by atoms with Gasteiger partial charge in [0.2, 0.25) is 0 Å². The molecule has 0 aliphatic heterocycles. The summed E-state index contributed by atoms with van der Waals surface area (Å²) in [5.41, 5.74) is 4.61. The van der Waals surface area contributed by atoms with E-state index in [1.54, 1.807) is 6.21 Å². The summed E-state index contributed by atoms with van der Waals surface area (Å²) in [6, 6.07) is 27.0. The van der Waals surface area contributed by atoms with Crippen LogP contribution in [0.5, 0.6) is 11.5 Å². The second-order valence-corrected chi connectivity index (χ2v) is 5.59. The number of ether oxygens (including phenoxy) is 1. The number of anilines is 1. The first kappa shape index (κ1) is 16.7. The summed E-state index contributed by atoms with van der Waals surface area (Å²) in [4.78, 5) is 0. The van der Waals surface area contributed by atoms with Gasteiger partial charge in [0.25, 0.3) is 0 Å². The minimum atomic E-state index is 0.430. The van der Waals surface area contributed by atoms with E-state index in [9.17, 15) is 0 Å². The highest BCUT2D eigenvalue weighted by Crippen LogP contribution is 2.21. The van der Waals surface area contributed by atoms with Gasteiger partial charge in [-0.05, 0) is 54.2 Å². The maximum absolute atomic E-state index is 5.81. The Morgan fingerprint density at radius 2 is 1.52 bits per heavy atom. The van der Waals surface area contributed by atoms with Crippen LogP contribution in [0.1, 0.15) is 5.56 Å². The summed E-state index contributed by atoms with van der Waals surface area (Å²) in [6.07, 6.45) is 1.69. The van der Waals surface area contributed by atoms with Crippen molar-refractivity contribution in [1.29, 1.82) is 0 Å². The zero-order valence-electron chi connectivity index (χ0n) is 13.4. The predicted molar refractivity (Wildman–Crippen MR) is 106 cm³/mol. The van der Waals surface area contributed by atoms with E-state index in [1.165, 1.54) is 0 Å². The monoisotopic (exact) mass is 347 g/mol. The van der Waals surface area contributed by atoms with E-state index in [0.717, 1.165) is 22.7 Å². The minimum Gasteiger partial charge on any atom is -0.457 e. The van der Waals surface area contributed by atoms with Crippen molar-refractivity contribution in [3.8, 4) is 11.5 Å². The van der Waals surface area contributed by atoms with Crippen molar-refractivity contribution in [2.75, 3.05) is 5.32 Å². The maximum Gasteiger partial charge on any atom is 0.191 e. The summed E-state index contributed by atoms with van der Waals surface area (Å²) in [5, 5.41) is 7.64. The third-order valence-electron chi connectivity index (χ3n) is 3.25. The fourth-order valence-corrected chi connectivity index (χ4v) is 2.30. The molecule has 0 aliphatic carbocycles. The number of hydrogen-bond donors (Lipinski definition) is 2. The summed E-state index contributed by atoms with van der Waals surface area (Å²) in [5.74, 6) is 1.54. The molecule has 5 heteroatoms. The molecule has 0 amide bonds. The molecule has 0 unspecified atom stereocenters. The lowest BCUT2D eigenvalue weighted by Gasteiger charge is -2.07. The van der Waals surface area contributed by atoms with Crippen LogP contribution < -0.4 is 15.5 Å². The van der Waals surface area contributed by atoms with Crippen LogP contribution in [-0.2, 0) is 0 Å². The molecule has 3 aromatic carbocycles. The van der Waals surface area contributed by atoms with Crippen LogP contribution in [0.4, 0.5) is 5.69 Å². The molecule has 0 radical (unpaired) electrons. The fourth-order valence-electron chi connectivity index (χ4n) is 2.13. The smallest absolute Gasteiger partial charge is 0.191 e. The van der Waals surface area contributed by atoms with Crippen molar-refractivity contribution in [2.45, 2.75) is 0 Å². The molecule has 4 nitrogen and oxygen atoms in total. The van der Waals surface area contributed by atoms with Gasteiger partial charge in [-0.2, -0.15) is 5.10 Å². The van der Waals surface area contributed by atoms with E-state index in [0.29, 0.717) is 5.11 Å². The molecular weight excluding hydrogens is 330 g/mol. The van der Waals surface area contributed by atoms with Crippen LogP contribution >= 0.6 is 12.2 Å². The Bertz CT molecular complexity index is 851. The number of hydrazone groups is 1. The van der Waals surface area contributed by atoms with E-state index in [1.807, 2.05) is 84.9 Å². The Balaban J connectivity index is 1.56. The van der Waals surface area contributed by atoms with Crippen molar-refractivity contribution in [3.05, 3.63) is 90.5 Å². The first-order valence-electron chi connectivity index (χ1n) is 7.78. The van der Waals surface area contributed by atoms with Gasteiger partial charge in [0.1, 0.15) is 11.5 Å². The summed E-state index contributed by atoms with van der Waals surface area (Å²) < 4.78 is 5.81. The number of nitrogens with zero attached hydrogens (tertiary/aromatic N) is 1. The predicted octanol–water partition coefficient (Wildman–Crippen LogP) is 4.80. The number of thiocarbonyl (C=S) groups is 1. The van der Waals surface area contributed by atoms with Crippen molar-refractivity contribution in [2.24, 2.45) is 5.10 Å². The van der Waals surface area contributed by atoms with E-state index < -0.39 is 0 Å². The third kappa shape index (κ3) is 5.44. The van der Waals surface area contributed by atoms with Gasteiger partial charge in [0.05, 0.1) is 6.21 Å². The second kappa shape index (κ2) is 8.61. The molecule has 0 aromatic heterocycles. The molecular formula is C20H17N3OS. The molecule has 0 atom stereocenters. The van der Waals surface area contributed by atoms with E-state index >= 15 is 0 Å². The van der Waals surface area contributed by atoms with Gasteiger partial charge in [0, 0.05) is 5.69 Å². The fraction of sp³-hybridized carbons (Fsp3) is 0. The summed E-state index contributed by atoms with van der Waals surface area (Å²) >= 11 is 5.20. The Kier molecular flexibility index (Phi) is 5.74. The first-order valence-corrected chi connectivity index (χ1v) is 8.18. The van der Waals surface area contributed by atoms with Gasteiger partial charge < -0.3 is 10.1 Å². The zero-order chi connectivity index (χ0) is 17.3. The molecule has 0 aliphatic rings. The van der Waals surface area contributed by atoms with Crippen molar-refractivity contribution >= 4 is 29.2 Å². The molecule has 2 N–H and O–H groups in total. The van der Waals surface area contributed by atoms with Gasteiger partial charge in [-0.3, -0.25) is 5.43 Å². The van der Waals surface area contributed by atoms with Crippen molar-refractivity contribution in [3.63, 3.8) is 0 Å². The molecule has 0 heterocycles. The average molecular weight is 347 g/mol. The standard InChI is InChI=1S/C20H17N3OS/c25-20(22-17-9-3-1-4-10-17)23-21-15-16-8-7-13-19(14-16)24-18-11-5-2-6-12-18/h1-15H,(H2,22,23,25)/b21-15-. The Morgan fingerprint density at radius 3 is 2.28 bits per heavy atom. The number of benzene rings is 3. The Labute approximate surface area is 152 Å². The highest BCUT2D eigenvalue weighted by molar-refractivity contribution is 7.80. The highest BCUT2D eigenvalue weighted by atomic mass is 32.1. The number of nitrogens with one attached hydrogen (secondary N) is 2. The minimum absolute atomic E-state index is 0.430. The largest absolute Gasteiger partial charge is 0.457 e. The molecule has 3 rings (SSSR count). The molecule has 25 heavy (non-hydrogen) atoms. The van der Waals surface area contributed by atoms with Crippen LogP contribution in [0.25, 0.3) is 0 Å². The second-order valence-electron chi connectivity index (χ2n) is 5.18. The molecule has 0 saturated heterocycles. The lowest BCUT2D eigenvalue weighted by atomic mass is 10.2. The quantitative estimate of drug-likeness (QED) is 0.395. The number of hydrogen-bond acceptors (Lipinski definition) is 3. The summed E-state index contributed by atoms with van der Waals surface area (Å²) in [6.45, 7) is 0. The Hall–Kier alpha value is -3.18. The van der Waals surface area contributed by atoms with Crippen LogP contribution in [0.2, 0.25) is 0 Å².